The molecule has 0 aromatic heterocycles. The number of unbranched alkanes of at least 4 members (excludes halogenated alkanes) is 1. The number of rotatable bonds is 7. The number of hydrogen-bond acceptors (Lipinski definition) is 3. The first-order valence-electron chi connectivity index (χ1n) is 7.02. The van der Waals surface area contributed by atoms with Gasteiger partial charge in [-0.1, -0.05) is 31.9 Å². The van der Waals surface area contributed by atoms with Crippen LogP contribution in [0.15, 0.2) is 24.3 Å². The Labute approximate surface area is 125 Å². The molecule has 0 bridgehead atoms. The van der Waals surface area contributed by atoms with Crippen molar-refractivity contribution in [3.8, 4) is 0 Å². The summed E-state index contributed by atoms with van der Waals surface area (Å²) in [4.78, 5) is 25.0. The fraction of sp³-hybridized carbons (Fsp3) is 0.467. The zero-order valence-corrected chi connectivity index (χ0v) is 12.7. The van der Waals surface area contributed by atoms with Crippen LogP contribution in [0.1, 0.15) is 26.2 Å². The van der Waals surface area contributed by atoms with E-state index < -0.39 is 18.0 Å². The fourth-order valence-electron chi connectivity index (χ4n) is 1.95. The van der Waals surface area contributed by atoms with Crippen LogP contribution in [0.25, 0.3) is 0 Å². The number of amides is 2. The molecule has 1 rings (SSSR count). The minimum absolute atomic E-state index is 0.425. The van der Waals surface area contributed by atoms with Crippen molar-refractivity contribution >= 4 is 23.4 Å². The number of carbonyl (C=O) groups is 2. The number of anilines is 2. The zero-order chi connectivity index (χ0) is 15.8. The van der Waals surface area contributed by atoms with Gasteiger partial charge in [-0.05, 0) is 18.6 Å². The summed E-state index contributed by atoms with van der Waals surface area (Å²) >= 11 is 0. The van der Waals surface area contributed by atoms with Crippen LogP contribution in [0, 0.1) is 0 Å². The summed E-state index contributed by atoms with van der Waals surface area (Å²) in [6.07, 6.45) is 2.07. The number of nitrogens with zero attached hydrogens (tertiary/aromatic N) is 1. The number of aliphatic carboxylic acids is 1. The maximum absolute atomic E-state index is 12.0. The van der Waals surface area contributed by atoms with Gasteiger partial charge in [0.05, 0.1) is 11.4 Å². The third-order valence-corrected chi connectivity index (χ3v) is 3.08. The Morgan fingerprint density at radius 1 is 1.29 bits per heavy atom. The molecule has 21 heavy (non-hydrogen) atoms. The van der Waals surface area contributed by atoms with E-state index in [1.54, 1.807) is 6.07 Å². The van der Waals surface area contributed by atoms with Gasteiger partial charge in [-0.25, -0.2) is 9.59 Å². The molecule has 2 amide bonds. The molecule has 0 aliphatic carbocycles. The first-order chi connectivity index (χ1) is 9.95. The average molecular weight is 293 g/mol. The van der Waals surface area contributed by atoms with Gasteiger partial charge in [0.25, 0.3) is 0 Å². The van der Waals surface area contributed by atoms with Gasteiger partial charge in [-0.3, -0.25) is 0 Å². The van der Waals surface area contributed by atoms with Crippen LogP contribution in [0.2, 0.25) is 0 Å². The van der Waals surface area contributed by atoms with Crippen molar-refractivity contribution in [2.45, 2.75) is 32.2 Å². The van der Waals surface area contributed by atoms with Crippen molar-refractivity contribution in [2.24, 2.45) is 0 Å². The number of carboxylic acids is 1. The minimum atomic E-state index is -1.01. The maximum atomic E-state index is 12.0. The van der Waals surface area contributed by atoms with Crippen LogP contribution in [0.3, 0.4) is 0 Å². The van der Waals surface area contributed by atoms with Crippen molar-refractivity contribution in [2.75, 3.05) is 24.3 Å². The summed E-state index contributed by atoms with van der Waals surface area (Å²) in [5.74, 6) is -1.01. The van der Waals surface area contributed by atoms with Crippen molar-refractivity contribution in [1.29, 1.82) is 0 Å². The fourth-order valence-corrected chi connectivity index (χ4v) is 1.95. The average Bonchev–Trinajstić information content (AvgIpc) is 2.43. The Balaban J connectivity index is 2.70. The smallest absolute Gasteiger partial charge is 0.326 e. The van der Waals surface area contributed by atoms with E-state index in [-0.39, 0.29) is 0 Å². The van der Waals surface area contributed by atoms with Gasteiger partial charge < -0.3 is 20.6 Å². The Kier molecular flexibility index (Phi) is 6.52. The zero-order valence-electron chi connectivity index (χ0n) is 12.7. The number of hydrogen-bond donors (Lipinski definition) is 3. The third kappa shape index (κ3) is 5.33. The van der Waals surface area contributed by atoms with Crippen LogP contribution in [0.4, 0.5) is 16.2 Å². The highest BCUT2D eigenvalue weighted by Gasteiger charge is 2.19. The molecule has 6 heteroatoms. The van der Waals surface area contributed by atoms with E-state index in [1.807, 2.05) is 44.1 Å². The quantitative estimate of drug-likeness (QED) is 0.721. The molecule has 0 saturated carbocycles. The van der Waals surface area contributed by atoms with E-state index in [2.05, 4.69) is 10.6 Å². The minimum Gasteiger partial charge on any atom is -0.480 e. The van der Waals surface area contributed by atoms with E-state index in [1.165, 1.54) is 0 Å². The Bertz CT molecular complexity index is 489. The highest BCUT2D eigenvalue weighted by atomic mass is 16.4. The van der Waals surface area contributed by atoms with Crippen molar-refractivity contribution in [3.63, 3.8) is 0 Å². The summed E-state index contributed by atoms with van der Waals surface area (Å²) in [5.41, 5.74) is 1.49. The number of carboxylic acid groups (broad SMARTS) is 1. The molecule has 1 aromatic carbocycles. The predicted octanol–water partition coefficient (Wildman–Crippen LogP) is 2.52. The second kappa shape index (κ2) is 8.14. The molecular formula is C15H23N3O3. The molecule has 1 atom stereocenters. The van der Waals surface area contributed by atoms with Gasteiger partial charge in [0, 0.05) is 14.1 Å². The molecular weight excluding hydrogens is 270 g/mol. The molecule has 3 N–H and O–H groups in total. The van der Waals surface area contributed by atoms with Crippen molar-refractivity contribution in [3.05, 3.63) is 24.3 Å². The third-order valence-electron chi connectivity index (χ3n) is 3.08. The van der Waals surface area contributed by atoms with E-state index in [9.17, 15) is 9.59 Å². The Morgan fingerprint density at radius 3 is 2.52 bits per heavy atom. The summed E-state index contributed by atoms with van der Waals surface area (Å²) in [6, 6.07) is 5.97. The summed E-state index contributed by atoms with van der Waals surface area (Å²) in [6.45, 7) is 1.98. The lowest BCUT2D eigenvalue weighted by Crippen LogP contribution is -2.43. The number of benzene rings is 1. The molecule has 0 fully saturated rings. The van der Waals surface area contributed by atoms with Gasteiger partial charge in [0.2, 0.25) is 0 Å². The topological polar surface area (TPSA) is 81.7 Å². The molecule has 0 saturated heterocycles. The van der Waals surface area contributed by atoms with E-state index in [0.717, 1.165) is 18.5 Å². The highest BCUT2D eigenvalue weighted by molar-refractivity contribution is 5.95. The molecule has 116 valence electrons. The van der Waals surface area contributed by atoms with Gasteiger partial charge >= 0.3 is 12.0 Å². The van der Waals surface area contributed by atoms with Gasteiger partial charge in [-0.15, -0.1) is 0 Å². The molecule has 6 nitrogen and oxygen atoms in total. The van der Waals surface area contributed by atoms with Gasteiger partial charge in [-0.2, -0.15) is 0 Å². The largest absolute Gasteiger partial charge is 0.480 e. The van der Waals surface area contributed by atoms with Crippen LogP contribution in [0.5, 0.6) is 0 Å². The molecule has 0 unspecified atom stereocenters. The van der Waals surface area contributed by atoms with Crippen LogP contribution in [-0.4, -0.2) is 37.2 Å². The molecule has 0 aliphatic heterocycles. The van der Waals surface area contributed by atoms with Crippen LogP contribution in [-0.2, 0) is 4.79 Å². The molecule has 0 spiro atoms. The monoisotopic (exact) mass is 293 g/mol. The standard InChI is InChI=1S/C15H23N3O3/c1-4-5-8-12(14(19)20)17-15(21)16-11-9-6-7-10-13(11)18(2)3/h6-7,9-10,12H,4-5,8H2,1-3H3,(H,19,20)(H2,16,17,21)/t12-/m0/s1. The Morgan fingerprint density at radius 2 is 1.95 bits per heavy atom. The van der Waals surface area contributed by atoms with Gasteiger partial charge in [0.1, 0.15) is 6.04 Å². The summed E-state index contributed by atoms with van der Waals surface area (Å²) < 4.78 is 0. The number of nitrogens with one attached hydrogen (secondary N) is 2. The van der Waals surface area contributed by atoms with Crippen LogP contribution < -0.4 is 15.5 Å². The highest BCUT2D eigenvalue weighted by Crippen LogP contribution is 2.23. The Hall–Kier alpha value is -2.24. The lowest BCUT2D eigenvalue weighted by atomic mass is 10.1. The predicted molar refractivity (Wildman–Crippen MR) is 83.9 cm³/mol. The normalized spacial score (nSPS) is 11.6. The van der Waals surface area contributed by atoms with Crippen molar-refractivity contribution < 1.29 is 14.7 Å². The SMILES string of the molecule is CCCC[C@H](NC(=O)Nc1ccccc1N(C)C)C(=O)O. The lowest BCUT2D eigenvalue weighted by molar-refractivity contribution is -0.139. The number of para-hydroxylation sites is 2. The van der Waals surface area contributed by atoms with Crippen LogP contribution >= 0.6 is 0 Å². The second-order valence-corrected chi connectivity index (χ2v) is 5.04. The van der Waals surface area contributed by atoms with E-state index >= 15 is 0 Å². The first-order valence-corrected chi connectivity index (χ1v) is 7.02. The molecule has 0 radical (unpaired) electrons. The van der Waals surface area contributed by atoms with E-state index in [4.69, 9.17) is 5.11 Å². The van der Waals surface area contributed by atoms with Gasteiger partial charge in [0.15, 0.2) is 0 Å². The van der Waals surface area contributed by atoms with E-state index in [0.29, 0.717) is 12.1 Å². The molecule has 1 aromatic rings. The van der Waals surface area contributed by atoms with Crippen molar-refractivity contribution in [1.82, 2.24) is 5.32 Å². The summed E-state index contributed by atoms with van der Waals surface area (Å²) in [7, 11) is 3.75. The molecule has 0 aliphatic rings. The second-order valence-electron chi connectivity index (χ2n) is 5.04. The molecule has 0 heterocycles. The lowest BCUT2D eigenvalue weighted by Gasteiger charge is -2.19. The summed E-state index contributed by atoms with van der Waals surface area (Å²) in [5, 5.41) is 14.3. The maximum Gasteiger partial charge on any atom is 0.326 e. The number of urea groups is 1. The first kappa shape index (κ1) is 16.8. The number of carbonyl (C=O) groups excluding carboxylic acids is 1.